The molecule has 0 aliphatic carbocycles. The van der Waals surface area contributed by atoms with Gasteiger partial charge in [0.1, 0.15) is 6.33 Å². The van der Waals surface area contributed by atoms with Gasteiger partial charge in [0.15, 0.2) is 12.2 Å². The Labute approximate surface area is 419 Å². The lowest BCUT2D eigenvalue weighted by Gasteiger charge is -2.22. The van der Waals surface area contributed by atoms with E-state index in [1.54, 1.807) is 0 Å². The van der Waals surface area contributed by atoms with Crippen LogP contribution < -0.4 is 0 Å². The molecule has 1 aromatic heterocycles. The number of carbonyl (C=O) groups excluding carboxylic acids is 7. The SMILES string of the molecule is CCCCCCCCC(=O)OCC(COC(=O)CCCCCCCC)CC(=O)O[C@H]1CN(C(=O)n2ccnc2)C[C@@H]1OC(=O)CC(COC(=O)CCCCCCCC)COC(=O)CCCCCCCC. The summed E-state index contributed by atoms with van der Waals surface area (Å²) in [5, 5.41) is 0. The zero-order valence-corrected chi connectivity index (χ0v) is 43.6. The van der Waals surface area contributed by atoms with E-state index >= 15 is 0 Å². The first kappa shape index (κ1) is 61.6. The van der Waals surface area contributed by atoms with Gasteiger partial charge < -0.3 is 33.3 Å². The maximum atomic E-state index is 13.7. The third-order valence-corrected chi connectivity index (χ3v) is 12.5. The van der Waals surface area contributed by atoms with Gasteiger partial charge in [-0.05, 0) is 25.7 Å². The normalized spacial score (nSPS) is 14.5. The van der Waals surface area contributed by atoms with Crippen LogP contribution in [0.4, 0.5) is 4.79 Å². The van der Waals surface area contributed by atoms with E-state index in [1.165, 1.54) is 28.2 Å². The largest absolute Gasteiger partial charge is 0.465 e. The lowest BCUT2D eigenvalue weighted by Crippen LogP contribution is -2.36. The van der Waals surface area contributed by atoms with Crippen molar-refractivity contribution in [3.8, 4) is 0 Å². The van der Waals surface area contributed by atoms with E-state index in [4.69, 9.17) is 28.4 Å². The van der Waals surface area contributed by atoms with Crippen LogP contribution in [0.2, 0.25) is 0 Å². The second-order valence-electron chi connectivity index (χ2n) is 19.2. The molecule has 1 fully saturated rings. The summed E-state index contributed by atoms with van der Waals surface area (Å²) in [4.78, 5) is 97.2. The van der Waals surface area contributed by atoms with Gasteiger partial charge in [-0.25, -0.2) is 9.78 Å². The van der Waals surface area contributed by atoms with Crippen molar-refractivity contribution in [2.45, 2.75) is 233 Å². The Balaban J connectivity index is 2.15. The number of amides is 1. The van der Waals surface area contributed by atoms with E-state index in [0.29, 0.717) is 25.7 Å². The molecule has 0 N–H and O–H groups in total. The summed E-state index contributed by atoms with van der Waals surface area (Å²) in [6.07, 6.45) is 26.6. The predicted molar refractivity (Wildman–Crippen MR) is 266 cm³/mol. The number of ether oxygens (including phenoxy) is 6. The lowest BCUT2D eigenvalue weighted by molar-refractivity contribution is -0.167. The summed E-state index contributed by atoms with van der Waals surface area (Å²) >= 11 is 0. The fourth-order valence-electron chi connectivity index (χ4n) is 8.23. The van der Waals surface area contributed by atoms with E-state index in [2.05, 4.69) is 32.7 Å². The van der Waals surface area contributed by atoms with Gasteiger partial charge in [0.05, 0.1) is 52.4 Å². The van der Waals surface area contributed by atoms with Crippen molar-refractivity contribution >= 4 is 41.8 Å². The molecular weight excluding hydrogens is 899 g/mol. The van der Waals surface area contributed by atoms with Gasteiger partial charge in [0, 0.05) is 49.9 Å². The third-order valence-electron chi connectivity index (χ3n) is 12.5. The second-order valence-corrected chi connectivity index (χ2v) is 19.2. The van der Waals surface area contributed by atoms with Gasteiger partial charge in [-0.1, -0.05) is 156 Å². The van der Waals surface area contributed by atoms with Crippen LogP contribution in [0.15, 0.2) is 18.7 Å². The first-order valence-corrected chi connectivity index (χ1v) is 27.3. The molecule has 1 saturated heterocycles. The van der Waals surface area contributed by atoms with Crippen molar-refractivity contribution in [3.63, 3.8) is 0 Å². The summed E-state index contributed by atoms with van der Waals surface area (Å²) in [5.74, 6) is -4.48. The molecule has 0 aromatic carbocycles. The van der Waals surface area contributed by atoms with Gasteiger partial charge in [-0.2, -0.15) is 0 Å². The highest BCUT2D eigenvalue weighted by Gasteiger charge is 2.41. The Morgan fingerprint density at radius 1 is 0.443 bits per heavy atom. The number of hydrogen-bond acceptors (Lipinski definition) is 14. The van der Waals surface area contributed by atoms with Crippen LogP contribution in [0.5, 0.6) is 0 Å². The topological polar surface area (TPSA) is 196 Å². The Morgan fingerprint density at radius 2 is 0.743 bits per heavy atom. The van der Waals surface area contributed by atoms with Crippen LogP contribution >= 0.6 is 0 Å². The summed E-state index contributed by atoms with van der Waals surface area (Å²) in [5.41, 5.74) is 0. The number of likely N-dealkylation sites (tertiary alicyclic amines) is 1. The Kier molecular flexibility index (Phi) is 35.3. The molecule has 0 bridgehead atoms. The van der Waals surface area contributed by atoms with E-state index < -0.39 is 65.9 Å². The van der Waals surface area contributed by atoms with Crippen LogP contribution in [-0.2, 0) is 57.2 Å². The minimum atomic E-state index is -1.08. The standard InChI is InChI=1S/C54H91N3O13/c1-5-9-13-17-21-25-29-48(58)65-39-44(40-66-49(59)30-26-22-18-14-10-6-2)35-52(62)69-46-37-57(54(64)56-34-33-55-43-56)38-47(46)70-53(63)36-45(41-67-50(60)31-27-23-19-15-11-7-3)42-68-51(61)32-28-24-20-16-12-8-4/h33-34,43-47H,5-32,35-42H2,1-4H3/t46-,47-/m0/s1. The average Bonchev–Trinajstić information content (AvgIpc) is 4.03. The maximum Gasteiger partial charge on any atom is 0.329 e. The van der Waals surface area contributed by atoms with Crippen molar-refractivity contribution in [1.82, 2.24) is 14.5 Å². The smallest absolute Gasteiger partial charge is 0.329 e. The summed E-state index contributed by atoms with van der Waals surface area (Å²) < 4.78 is 35.5. The van der Waals surface area contributed by atoms with Crippen molar-refractivity contribution in [2.75, 3.05) is 39.5 Å². The van der Waals surface area contributed by atoms with E-state index in [9.17, 15) is 33.6 Å². The summed E-state index contributed by atoms with van der Waals surface area (Å²) in [6, 6.07) is -0.475. The number of aromatic nitrogens is 2. The quantitative estimate of drug-likeness (QED) is 0.0341. The zero-order chi connectivity index (χ0) is 51.0. The van der Waals surface area contributed by atoms with Gasteiger partial charge in [0.2, 0.25) is 0 Å². The summed E-state index contributed by atoms with van der Waals surface area (Å²) in [7, 11) is 0. The van der Waals surface area contributed by atoms with E-state index in [1.807, 2.05) is 0 Å². The van der Waals surface area contributed by atoms with Crippen molar-refractivity contribution in [3.05, 3.63) is 18.7 Å². The van der Waals surface area contributed by atoms with Crippen molar-refractivity contribution < 1.29 is 62.0 Å². The molecule has 70 heavy (non-hydrogen) atoms. The van der Waals surface area contributed by atoms with Crippen LogP contribution in [0, 0.1) is 11.8 Å². The average molecular weight is 990 g/mol. The highest BCUT2D eigenvalue weighted by Crippen LogP contribution is 2.23. The van der Waals surface area contributed by atoms with Gasteiger partial charge in [0.25, 0.3) is 0 Å². The molecule has 0 unspecified atom stereocenters. The third kappa shape index (κ3) is 30.3. The molecule has 1 aliphatic heterocycles. The van der Waals surface area contributed by atoms with Crippen molar-refractivity contribution in [2.24, 2.45) is 11.8 Å². The number of carbonyl (C=O) groups is 7. The minimum absolute atomic E-state index is 0.110. The zero-order valence-electron chi connectivity index (χ0n) is 43.6. The molecular formula is C54H91N3O13. The molecule has 0 spiro atoms. The number of nitrogens with zero attached hydrogens (tertiary/aromatic N) is 3. The molecule has 0 radical (unpaired) electrons. The second kappa shape index (κ2) is 40.1. The molecule has 1 amide bonds. The van der Waals surface area contributed by atoms with Crippen LogP contribution in [0.3, 0.4) is 0 Å². The van der Waals surface area contributed by atoms with Gasteiger partial charge in [-0.3, -0.25) is 33.3 Å². The highest BCUT2D eigenvalue weighted by atomic mass is 16.6. The van der Waals surface area contributed by atoms with Crippen molar-refractivity contribution in [1.29, 1.82) is 0 Å². The molecule has 1 aromatic rings. The number of hydrogen-bond donors (Lipinski definition) is 0. The van der Waals surface area contributed by atoms with Crippen LogP contribution in [-0.4, -0.2) is 108 Å². The summed E-state index contributed by atoms with van der Waals surface area (Å²) in [6.45, 7) is 7.69. The highest BCUT2D eigenvalue weighted by molar-refractivity contribution is 5.78. The first-order chi connectivity index (χ1) is 34.0. The van der Waals surface area contributed by atoms with Crippen LogP contribution in [0.25, 0.3) is 0 Å². The minimum Gasteiger partial charge on any atom is -0.465 e. The van der Waals surface area contributed by atoms with Gasteiger partial charge in [-0.15, -0.1) is 0 Å². The fourth-order valence-corrected chi connectivity index (χ4v) is 8.23. The monoisotopic (exact) mass is 990 g/mol. The maximum absolute atomic E-state index is 13.7. The number of esters is 6. The first-order valence-electron chi connectivity index (χ1n) is 27.3. The Hall–Kier alpha value is -4.50. The van der Waals surface area contributed by atoms with E-state index in [0.717, 1.165) is 128 Å². The fraction of sp³-hybridized carbons (Fsp3) is 0.815. The molecule has 400 valence electrons. The number of rotatable bonds is 42. The number of unbranched alkanes of at least 4 members (excludes halogenated alkanes) is 20. The van der Waals surface area contributed by atoms with Gasteiger partial charge >= 0.3 is 41.8 Å². The molecule has 16 heteroatoms. The molecule has 2 heterocycles. The van der Waals surface area contributed by atoms with E-state index in [-0.39, 0.29) is 78.0 Å². The molecule has 2 atom stereocenters. The lowest BCUT2D eigenvalue weighted by atomic mass is 10.1. The molecule has 16 nitrogen and oxygen atoms in total. The van der Waals surface area contributed by atoms with Crippen LogP contribution in [0.1, 0.15) is 220 Å². The molecule has 2 rings (SSSR count). The predicted octanol–water partition coefficient (Wildman–Crippen LogP) is 11.2. The number of imidazole rings is 1. The molecule has 1 aliphatic rings. The Morgan fingerprint density at radius 3 is 1.03 bits per heavy atom. The molecule has 0 saturated carbocycles. The Bertz CT molecular complexity index is 1430.